The van der Waals surface area contributed by atoms with E-state index < -0.39 is 27.2 Å². The van der Waals surface area contributed by atoms with Crippen LogP contribution in [-0.4, -0.2) is 30.9 Å². The average molecular weight is 478 g/mol. The van der Waals surface area contributed by atoms with Crippen LogP contribution in [0.25, 0.3) is 0 Å². The third-order valence-electron chi connectivity index (χ3n) is 9.73. The molecule has 7 unspecified atom stereocenters. The molecule has 0 aliphatic heterocycles. The van der Waals surface area contributed by atoms with Crippen molar-refractivity contribution in [2.45, 2.75) is 49.2 Å². The summed E-state index contributed by atoms with van der Waals surface area (Å²) in [5, 5.41) is 10.3. The van der Waals surface area contributed by atoms with Gasteiger partial charge in [0.1, 0.15) is 5.75 Å². The molecule has 0 saturated heterocycles. The van der Waals surface area contributed by atoms with Crippen LogP contribution in [0, 0.1) is 29.1 Å². The minimum absolute atomic E-state index is 0.0421. The molecule has 0 radical (unpaired) electrons. The van der Waals surface area contributed by atoms with Crippen LogP contribution in [0.1, 0.15) is 37.0 Å². The molecule has 2 aromatic carbocycles. The van der Waals surface area contributed by atoms with Crippen LogP contribution in [0.2, 0.25) is 0 Å². The number of alkyl halides is 3. The lowest BCUT2D eigenvalue weighted by atomic mass is 9.33. The number of rotatable bonds is 3. The number of nitrogens with zero attached hydrogens (tertiary/aromatic N) is 1. The van der Waals surface area contributed by atoms with Crippen LogP contribution in [0.15, 0.2) is 47.4 Å². The van der Waals surface area contributed by atoms with E-state index in [0.717, 1.165) is 42.2 Å². The molecule has 8 heteroatoms. The number of halogens is 3. The number of likely N-dealkylation sites (N-methyl/N-ethyl adjacent to an activating group) is 1. The number of phenols is 1. The van der Waals surface area contributed by atoms with Gasteiger partial charge in [-0.05, 0) is 83.4 Å². The molecule has 4 aliphatic rings. The van der Waals surface area contributed by atoms with Crippen molar-refractivity contribution in [1.82, 2.24) is 4.31 Å². The summed E-state index contributed by atoms with van der Waals surface area (Å²) in [6, 6.07) is 9.02. The first-order chi connectivity index (χ1) is 15.3. The molecule has 4 nitrogen and oxygen atoms in total. The molecule has 33 heavy (non-hydrogen) atoms. The van der Waals surface area contributed by atoms with Gasteiger partial charge >= 0.3 is 6.18 Å². The van der Waals surface area contributed by atoms with Gasteiger partial charge in [-0.3, -0.25) is 0 Å². The van der Waals surface area contributed by atoms with Gasteiger partial charge in [0.2, 0.25) is 10.0 Å². The summed E-state index contributed by atoms with van der Waals surface area (Å²) in [6.45, 7) is 4.28. The molecule has 0 amide bonds. The molecular formula is C25H26F3NO3S. The SMILES string of the molecule is CC1C2CC3C4(C)c5cc(O)ccc5CC23C1C4N(C)S(=O)(=O)c1cccc(C(F)(F)F)c1. The highest BCUT2D eigenvalue weighted by Crippen LogP contribution is 2.84. The van der Waals surface area contributed by atoms with Gasteiger partial charge in [0, 0.05) is 18.5 Å². The van der Waals surface area contributed by atoms with Crippen molar-refractivity contribution in [1.29, 1.82) is 0 Å². The minimum Gasteiger partial charge on any atom is -0.508 e. The van der Waals surface area contributed by atoms with E-state index in [9.17, 15) is 26.7 Å². The zero-order valence-corrected chi connectivity index (χ0v) is 19.4. The Morgan fingerprint density at radius 3 is 2.58 bits per heavy atom. The van der Waals surface area contributed by atoms with Crippen molar-refractivity contribution in [3.63, 3.8) is 0 Å². The molecule has 7 atom stereocenters. The van der Waals surface area contributed by atoms with Gasteiger partial charge < -0.3 is 5.11 Å². The fraction of sp³-hybridized carbons (Fsp3) is 0.520. The van der Waals surface area contributed by atoms with E-state index in [1.807, 2.05) is 6.07 Å². The Balaban J connectivity index is 1.50. The second-order valence-corrected chi connectivity index (χ2v) is 12.7. The predicted octanol–water partition coefficient (Wildman–Crippen LogP) is 4.82. The first kappa shape index (κ1) is 21.5. The van der Waals surface area contributed by atoms with Gasteiger partial charge in [-0.25, -0.2) is 8.42 Å². The van der Waals surface area contributed by atoms with Crippen molar-refractivity contribution < 1.29 is 26.7 Å². The van der Waals surface area contributed by atoms with Crippen LogP contribution in [0.3, 0.4) is 0 Å². The smallest absolute Gasteiger partial charge is 0.416 e. The van der Waals surface area contributed by atoms with Crippen molar-refractivity contribution >= 4 is 10.0 Å². The number of phenolic OH excluding ortho intramolecular Hbond substituents is 1. The van der Waals surface area contributed by atoms with Gasteiger partial charge in [0.05, 0.1) is 10.5 Å². The van der Waals surface area contributed by atoms with Crippen molar-refractivity contribution in [2.75, 3.05) is 7.05 Å². The van der Waals surface area contributed by atoms with Gasteiger partial charge in [-0.15, -0.1) is 0 Å². The van der Waals surface area contributed by atoms with Crippen LogP contribution in [0.4, 0.5) is 13.2 Å². The molecule has 4 aliphatic carbocycles. The van der Waals surface area contributed by atoms with E-state index >= 15 is 0 Å². The summed E-state index contributed by atoms with van der Waals surface area (Å²) in [5.74, 6) is 1.47. The van der Waals surface area contributed by atoms with Crippen LogP contribution in [-0.2, 0) is 28.0 Å². The molecule has 2 aromatic rings. The molecule has 0 aromatic heterocycles. The number of aromatic hydroxyl groups is 1. The third-order valence-corrected chi connectivity index (χ3v) is 11.6. The zero-order chi connectivity index (χ0) is 23.7. The summed E-state index contributed by atoms with van der Waals surface area (Å²) >= 11 is 0. The van der Waals surface area contributed by atoms with E-state index in [4.69, 9.17) is 0 Å². The van der Waals surface area contributed by atoms with E-state index in [-0.39, 0.29) is 28.0 Å². The molecule has 3 saturated carbocycles. The van der Waals surface area contributed by atoms with Gasteiger partial charge in [-0.1, -0.05) is 26.0 Å². The Hall–Kier alpha value is -2.06. The molecule has 1 spiro atoms. The largest absolute Gasteiger partial charge is 0.508 e. The zero-order valence-electron chi connectivity index (χ0n) is 18.6. The molecule has 0 heterocycles. The summed E-state index contributed by atoms with van der Waals surface area (Å²) < 4.78 is 68.7. The van der Waals surface area contributed by atoms with Gasteiger partial charge in [0.25, 0.3) is 0 Å². The maximum absolute atomic E-state index is 13.7. The molecule has 3 fully saturated rings. The molecular weight excluding hydrogens is 451 g/mol. The van der Waals surface area contributed by atoms with Crippen molar-refractivity contribution in [3.8, 4) is 5.75 Å². The summed E-state index contributed by atoms with van der Waals surface area (Å²) in [7, 11) is -2.66. The highest BCUT2D eigenvalue weighted by Gasteiger charge is 2.84. The van der Waals surface area contributed by atoms with Gasteiger partial charge in [-0.2, -0.15) is 17.5 Å². The Morgan fingerprint density at radius 1 is 1.15 bits per heavy atom. The number of hydrogen-bond acceptors (Lipinski definition) is 3. The van der Waals surface area contributed by atoms with E-state index in [1.165, 1.54) is 17.4 Å². The first-order valence-electron chi connectivity index (χ1n) is 11.3. The minimum atomic E-state index is -4.62. The van der Waals surface area contributed by atoms with Crippen LogP contribution < -0.4 is 0 Å². The van der Waals surface area contributed by atoms with E-state index in [1.54, 1.807) is 12.1 Å². The lowest BCUT2D eigenvalue weighted by molar-refractivity contribution is -0.218. The second kappa shape index (κ2) is 6.13. The van der Waals surface area contributed by atoms with Crippen molar-refractivity contribution in [3.05, 3.63) is 59.2 Å². The molecule has 176 valence electrons. The van der Waals surface area contributed by atoms with E-state index in [0.29, 0.717) is 17.8 Å². The quantitative estimate of drug-likeness (QED) is 0.690. The Bertz CT molecular complexity index is 1290. The fourth-order valence-electron chi connectivity index (χ4n) is 8.58. The standard InChI is InChI=1S/C25H26F3NO3S/c1-13-18-11-20-23(2)19-10-16(30)8-7-14(19)12-24(18,20)21(13)22(23)29(3)33(31,32)17-6-4-5-15(9-17)25(26,27)28/h4-10,13,18,20-22,30H,11-12H2,1-3H3. The molecule has 2 bridgehead atoms. The topological polar surface area (TPSA) is 57.6 Å². The maximum atomic E-state index is 13.7. The van der Waals surface area contributed by atoms with Crippen LogP contribution in [0.5, 0.6) is 5.75 Å². The highest BCUT2D eigenvalue weighted by molar-refractivity contribution is 7.89. The number of fused-ring (bicyclic) bond motifs is 2. The predicted molar refractivity (Wildman–Crippen MR) is 116 cm³/mol. The van der Waals surface area contributed by atoms with Gasteiger partial charge in [0.15, 0.2) is 0 Å². The lowest BCUT2D eigenvalue weighted by Crippen LogP contribution is -2.68. The number of sulfonamides is 1. The Morgan fingerprint density at radius 2 is 1.88 bits per heavy atom. The monoisotopic (exact) mass is 477 g/mol. The number of hydrogen-bond donors (Lipinski definition) is 1. The maximum Gasteiger partial charge on any atom is 0.416 e. The van der Waals surface area contributed by atoms with Crippen molar-refractivity contribution in [2.24, 2.45) is 29.1 Å². The number of benzene rings is 2. The lowest BCUT2D eigenvalue weighted by Gasteiger charge is -2.71. The molecule has 6 rings (SSSR count). The molecule has 1 N–H and O–H groups in total. The van der Waals surface area contributed by atoms with E-state index in [2.05, 4.69) is 13.8 Å². The third kappa shape index (κ3) is 2.34. The summed E-state index contributed by atoms with van der Waals surface area (Å²) in [5.41, 5.74) is 0.691. The van der Waals surface area contributed by atoms with Crippen LogP contribution >= 0.6 is 0 Å². The summed E-state index contributed by atoms with van der Waals surface area (Å²) in [4.78, 5) is -0.339. The summed E-state index contributed by atoms with van der Waals surface area (Å²) in [6.07, 6.45) is -2.72. The Labute approximate surface area is 191 Å². The Kier molecular flexibility index (Phi) is 3.99. The highest BCUT2D eigenvalue weighted by atomic mass is 32.2. The normalized spacial score (nSPS) is 38.3. The first-order valence-corrected chi connectivity index (χ1v) is 12.8. The average Bonchev–Trinajstić information content (AvgIpc) is 2.84. The fourth-order valence-corrected chi connectivity index (χ4v) is 10.1. The second-order valence-electron chi connectivity index (χ2n) is 10.7.